The normalized spacial score (nSPS) is 11.8. The van der Waals surface area contributed by atoms with Gasteiger partial charge in [0, 0.05) is 10.7 Å². The number of methoxy groups -OCH3 is 1. The van der Waals surface area contributed by atoms with Gasteiger partial charge in [-0.25, -0.2) is 0 Å². The standard InChI is InChI=1S/C26H25ClN4O2S/c1-17-8-4-5-9-21(17)18(2)28-24(32)16-34-26-30-29-25(22-10-6-7-11-23(22)33-3)31(26)20-14-12-19(27)13-15-20/h4-15,18H,16H2,1-3H3,(H,28,32). The Hall–Kier alpha value is -3.29. The Balaban J connectivity index is 1.59. The lowest BCUT2D eigenvalue weighted by Crippen LogP contribution is -2.28. The molecule has 8 heteroatoms. The van der Waals surface area contributed by atoms with Crippen molar-refractivity contribution in [1.82, 2.24) is 20.1 Å². The van der Waals surface area contributed by atoms with Crippen molar-refractivity contribution >= 4 is 29.3 Å². The maximum Gasteiger partial charge on any atom is 0.230 e. The number of aromatic nitrogens is 3. The summed E-state index contributed by atoms with van der Waals surface area (Å²) >= 11 is 7.44. The van der Waals surface area contributed by atoms with Crippen LogP contribution in [0.5, 0.6) is 5.75 Å². The summed E-state index contributed by atoms with van der Waals surface area (Å²) in [5.41, 5.74) is 3.89. The fraction of sp³-hybridized carbons (Fsp3) is 0.192. The van der Waals surface area contributed by atoms with Crippen molar-refractivity contribution in [3.8, 4) is 22.8 Å². The van der Waals surface area contributed by atoms with Crippen molar-refractivity contribution in [1.29, 1.82) is 0 Å². The highest BCUT2D eigenvalue weighted by atomic mass is 35.5. The molecule has 0 radical (unpaired) electrons. The van der Waals surface area contributed by atoms with Gasteiger partial charge in [-0.15, -0.1) is 10.2 Å². The van der Waals surface area contributed by atoms with Gasteiger partial charge in [-0.1, -0.05) is 59.8 Å². The number of thioether (sulfide) groups is 1. The number of amides is 1. The van der Waals surface area contributed by atoms with Gasteiger partial charge in [0.15, 0.2) is 11.0 Å². The minimum absolute atomic E-state index is 0.0785. The summed E-state index contributed by atoms with van der Waals surface area (Å²) in [5.74, 6) is 1.43. The number of rotatable bonds is 8. The zero-order valence-electron chi connectivity index (χ0n) is 19.2. The molecular formula is C26H25ClN4O2S. The third-order valence-electron chi connectivity index (χ3n) is 5.43. The lowest BCUT2D eigenvalue weighted by molar-refractivity contribution is -0.119. The van der Waals surface area contributed by atoms with E-state index in [-0.39, 0.29) is 17.7 Å². The largest absolute Gasteiger partial charge is 0.496 e. The molecule has 6 nitrogen and oxygen atoms in total. The lowest BCUT2D eigenvalue weighted by Gasteiger charge is -2.16. The number of ether oxygens (including phenoxy) is 1. The Kier molecular flexibility index (Phi) is 7.55. The van der Waals surface area contributed by atoms with Crippen LogP contribution >= 0.6 is 23.4 Å². The van der Waals surface area contributed by atoms with Crippen LogP contribution in [0.15, 0.2) is 78.0 Å². The highest BCUT2D eigenvalue weighted by molar-refractivity contribution is 7.99. The monoisotopic (exact) mass is 492 g/mol. The summed E-state index contributed by atoms with van der Waals surface area (Å²) in [6.07, 6.45) is 0. The van der Waals surface area contributed by atoms with Crippen molar-refractivity contribution < 1.29 is 9.53 Å². The number of hydrogen-bond donors (Lipinski definition) is 1. The summed E-state index contributed by atoms with van der Waals surface area (Å²) in [7, 11) is 1.62. The Labute approximate surface area is 208 Å². The molecule has 1 amide bonds. The minimum Gasteiger partial charge on any atom is -0.496 e. The van der Waals surface area contributed by atoms with E-state index in [0.717, 1.165) is 22.4 Å². The van der Waals surface area contributed by atoms with Gasteiger partial charge < -0.3 is 10.1 Å². The van der Waals surface area contributed by atoms with E-state index in [1.165, 1.54) is 11.8 Å². The van der Waals surface area contributed by atoms with Crippen molar-refractivity contribution in [2.75, 3.05) is 12.9 Å². The van der Waals surface area contributed by atoms with E-state index < -0.39 is 0 Å². The second kappa shape index (κ2) is 10.8. The molecule has 4 rings (SSSR count). The second-order valence-electron chi connectivity index (χ2n) is 7.75. The lowest BCUT2D eigenvalue weighted by atomic mass is 10.0. The first-order chi connectivity index (χ1) is 16.5. The predicted octanol–water partition coefficient (Wildman–Crippen LogP) is 5.87. The van der Waals surface area contributed by atoms with Crippen LogP contribution in [0.2, 0.25) is 5.02 Å². The van der Waals surface area contributed by atoms with Crippen LogP contribution in [0, 0.1) is 6.92 Å². The minimum atomic E-state index is -0.0902. The first-order valence-electron chi connectivity index (χ1n) is 10.8. The SMILES string of the molecule is COc1ccccc1-c1nnc(SCC(=O)NC(C)c2ccccc2C)n1-c1ccc(Cl)cc1. The second-order valence-corrected chi connectivity index (χ2v) is 9.13. The van der Waals surface area contributed by atoms with E-state index >= 15 is 0 Å². The molecule has 1 aromatic heterocycles. The number of carbonyl (C=O) groups is 1. The van der Waals surface area contributed by atoms with Gasteiger partial charge in [0.1, 0.15) is 5.75 Å². The molecule has 174 valence electrons. The van der Waals surface area contributed by atoms with Crippen molar-refractivity contribution in [3.05, 3.63) is 88.9 Å². The van der Waals surface area contributed by atoms with Crippen molar-refractivity contribution in [2.45, 2.75) is 25.0 Å². The number of para-hydroxylation sites is 1. The first-order valence-corrected chi connectivity index (χ1v) is 12.2. The molecule has 0 saturated heterocycles. The Morgan fingerprint density at radius 3 is 2.50 bits per heavy atom. The molecule has 0 bridgehead atoms. The van der Waals surface area contributed by atoms with Crippen molar-refractivity contribution in [2.24, 2.45) is 0 Å². The van der Waals surface area contributed by atoms with E-state index in [2.05, 4.69) is 15.5 Å². The molecule has 0 fully saturated rings. The number of aryl methyl sites for hydroxylation is 1. The van der Waals surface area contributed by atoms with Crippen molar-refractivity contribution in [3.63, 3.8) is 0 Å². The molecule has 1 N–H and O–H groups in total. The van der Waals surface area contributed by atoms with Crippen LogP contribution in [0.3, 0.4) is 0 Å². The van der Waals surface area contributed by atoms with Crippen LogP contribution < -0.4 is 10.1 Å². The van der Waals surface area contributed by atoms with Gasteiger partial charge in [0.25, 0.3) is 0 Å². The molecule has 1 atom stereocenters. The average Bonchev–Trinajstić information content (AvgIpc) is 3.27. The number of benzene rings is 3. The van der Waals surface area contributed by atoms with E-state index in [4.69, 9.17) is 16.3 Å². The predicted molar refractivity (Wildman–Crippen MR) is 137 cm³/mol. The molecule has 0 spiro atoms. The first kappa shape index (κ1) is 23.9. The highest BCUT2D eigenvalue weighted by Gasteiger charge is 2.20. The van der Waals surface area contributed by atoms with Crippen LogP contribution in [0.1, 0.15) is 24.1 Å². The summed E-state index contributed by atoms with van der Waals surface area (Å²) in [5, 5.41) is 13.1. The average molecular weight is 493 g/mol. The molecule has 0 aliphatic carbocycles. The van der Waals surface area contributed by atoms with E-state index in [0.29, 0.717) is 21.8 Å². The number of carbonyl (C=O) groups excluding carboxylic acids is 1. The fourth-order valence-electron chi connectivity index (χ4n) is 3.75. The van der Waals surface area contributed by atoms with Gasteiger partial charge in [-0.2, -0.15) is 0 Å². The number of nitrogens with zero attached hydrogens (tertiary/aromatic N) is 3. The third kappa shape index (κ3) is 5.26. The van der Waals surface area contributed by atoms with Crippen LogP contribution in [0.25, 0.3) is 17.1 Å². The molecule has 0 saturated carbocycles. The van der Waals surface area contributed by atoms with Crippen LogP contribution in [0.4, 0.5) is 0 Å². The summed E-state index contributed by atoms with van der Waals surface area (Å²) in [4.78, 5) is 12.8. The summed E-state index contributed by atoms with van der Waals surface area (Å²) < 4.78 is 7.45. The molecule has 0 aliphatic rings. The van der Waals surface area contributed by atoms with Gasteiger partial charge in [-0.05, 0) is 61.4 Å². The van der Waals surface area contributed by atoms with Crippen LogP contribution in [-0.2, 0) is 4.79 Å². The zero-order valence-corrected chi connectivity index (χ0v) is 20.7. The third-order valence-corrected chi connectivity index (χ3v) is 6.61. The van der Waals surface area contributed by atoms with E-state index in [9.17, 15) is 4.79 Å². The quantitative estimate of drug-likeness (QED) is 0.311. The summed E-state index contributed by atoms with van der Waals surface area (Å²) in [6, 6.07) is 23.0. The molecule has 1 heterocycles. The van der Waals surface area contributed by atoms with Crippen LogP contribution in [-0.4, -0.2) is 33.5 Å². The van der Waals surface area contributed by atoms with Gasteiger partial charge >= 0.3 is 0 Å². The molecular weight excluding hydrogens is 468 g/mol. The Bertz CT molecular complexity index is 1290. The number of halogens is 1. The molecule has 1 unspecified atom stereocenters. The highest BCUT2D eigenvalue weighted by Crippen LogP contribution is 2.33. The topological polar surface area (TPSA) is 69.0 Å². The zero-order chi connectivity index (χ0) is 24.1. The van der Waals surface area contributed by atoms with Gasteiger partial charge in [0.05, 0.1) is 24.5 Å². The Morgan fingerprint density at radius 1 is 1.06 bits per heavy atom. The maximum atomic E-state index is 12.8. The summed E-state index contributed by atoms with van der Waals surface area (Å²) in [6.45, 7) is 4.03. The number of hydrogen-bond acceptors (Lipinski definition) is 5. The van der Waals surface area contributed by atoms with Gasteiger partial charge in [-0.3, -0.25) is 9.36 Å². The molecule has 4 aromatic rings. The molecule has 0 aliphatic heterocycles. The molecule has 3 aromatic carbocycles. The molecule has 34 heavy (non-hydrogen) atoms. The van der Waals surface area contributed by atoms with E-state index in [1.807, 2.05) is 91.2 Å². The fourth-order valence-corrected chi connectivity index (χ4v) is 4.64. The Morgan fingerprint density at radius 2 is 1.76 bits per heavy atom. The van der Waals surface area contributed by atoms with Gasteiger partial charge in [0.2, 0.25) is 5.91 Å². The number of nitrogens with one attached hydrogen (secondary N) is 1. The smallest absolute Gasteiger partial charge is 0.230 e. The van der Waals surface area contributed by atoms with E-state index in [1.54, 1.807) is 7.11 Å². The maximum absolute atomic E-state index is 12.8.